The van der Waals surface area contributed by atoms with Gasteiger partial charge in [0.2, 0.25) is 11.8 Å². The summed E-state index contributed by atoms with van der Waals surface area (Å²) in [6.45, 7) is 3.61. The largest absolute Gasteiger partial charge is 0.368 e. The highest BCUT2D eigenvalue weighted by Crippen LogP contribution is 2.32. The quantitative estimate of drug-likeness (QED) is 0.638. The molecule has 2 rings (SSSR count). The van der Waals surface area contributed by atoms with Gasteiger partial charge in [0.1, 0.15) is 5.69 Å². The van der Waals surface area contributed by atoms with Gasteiger partial charge in [-0.2, -0.15) is 4.98 Å². The number of aryl methyl sites for hydroxylation is 1. The monoisotopic (exact) mass is 265 g/mol. The number of hydrogen-bond donors (Lipinski definition) is 2. The molecule has 7 nitrogen and oxygen atoms in total. The van der Waals surface area contributed by atoms with Gasteiger partial charge in [-0.05, 0) is 32.6 Å². The average Bonchev–Trinajstić information content (AvgIpc) is 2.80. The smallest absolute Gasteiger partial charge is 0.332 e. The van der Waals surface area contributed by atoms with Gasteiger partial charge in [0.05, 0.1) is 4.92 Å². The molecule has 1 saturated carbocycles. The van der Waals surface area contributed by atoms with Gasteiger partial charge in [0.25, 0.3) is 0 Å². The summed E-state index contributed by atoms with van der Waals surface area (Å²) >= 11 is 0. The van der Waals surface area contributed by atoms with E-state index in [0.717, 1.165) is 12.8 Å². The number of nitrogens with two attached hydrogens (primary N) is 1. The molecule has 1 aromatic rings. The third kappa shape index (κ3) is 2.91. The molecule has 1 unspecified atom stereocenters. The van der Waals surface area contributed by atoms with Crippen molar-refractivity contribution in [2.24, 2.45) is 5.92 Å². The van der Waals surface area contributed by atoms with Gasteiger partial charge in [-0.1, -0.05) is 12.8 Å². The number of nitrogens with one attached hydrogen (secondary N) is 1. The van der Waals surface area contributed by atoms with Crippen LogP contribution in [0.25, 0.3) is 0 Å². The molecule has 19 heavy (non-hydrogen) atoms. The van der Waals surface area contributed by atoms with Crippen molar-refractivity contribution in [1.82, 2.24) is 9.97 Å². The Bertz CT molecular complexity index is 485. The van der Waals surface area contributed by atoms with Crippen LogP contribution in [0.4, 0.5) is 17.5 Å². The number of anilines is 2. The lowest BCUT2D eigenvalue weighted by molar-refractivity contribution is -0.385. The first-order valence-electron chi connectivity index (χ1n) is 6.54. The Morgan fingerprint density at radius 3 is 2.63 bits per heavy atom. The van der Waals surface area contributed by atoms with E-state index in [2.05, 4.69) is 15.3 Å². The highest BCUT2D eigenvalue weighted by atomic mass is 16.6. The van der Waals surface area contributed by atoms with E-state index in [1.54, 1.807) is 6.92 Å². The van der Waals surface area contributed by atoms with Crippen molar-refractivity contribution in [3.63, 3.8) is 0 Å². The van der Waals surface area contributed by atoms with Gasteiger partial charge in [0, 0.05) is 6.04 Å². The Morgan fingerprint density at radius 1 is 1.42 bits per heavy atom. The predicted molar refractivity (Wildman–Crippen MR) is 72.9 cm³/mol. The van der Waals surface area contributed by atoms with Crippen LogP contribution in [0.1, 0.15) is 38.3 Å². The lowest BCUT2D eigenvalue weighted by atomic mass is 10.00. The summed E-state index contributed by atoms with van der Waals surface area (Å²) in [5, 5.41) is 14.2. The topological polar surface area (TPSA) is 107 Å². The number of hydrogen-bond acceptors (Lipinski definition) is 6. The molecule has 0 aliphatic heterocycles. The fourth-order valence-corrected chi connectivity index (χ4v) is 2.70. The zero-order valence-corrected chi connectivity index (χ0v) is 11.2. The highest BCUT2D eigenvalue weighted by Gasteiger charge is 2.26. The summed E-state index contributed by atoms with van der Waals surface area (Å²) < 4.78 is 0. The van der Waals surface area contributed by atoms with Crippen LogP contribution >= 0.6 is 0 Å². The van der Waals surface area contributed by atoms with Crippen molar-refractivity contribution in [2.45, 2.75) is 45.6 Å². The van der Waals surface area contributed by atoms with Crippen LogP contribution in [0.3, 0.4) is 0 Å². The zero-order chi connectivity index (χ0) is 14.0. The van der Waals surface area contributed by atoms with Crippen LogP contribution in [-0.2, 0) is 0 Å². The molecule has 1 aliphatic carbocycles. The minimum absolute atomic E-state index is 0.0595. The molecule has 0 radical (unpaired) electrons. The van der Waals surface area contributed by atoms with E-state index in [1.165, 1.54) is 12.8 Å². The Balaban J connectivity index is 2.25. The van der Waals surface area contributed by atoms with E-state index in [1.807, 2.05) is 6.92 Å². The van der Waals surface area contributed by atoms with Gasteiger partial charge in [-0.3, -0.25) is 10.1 Å². The Morgan fingerprint density at radius 2 is 2.05 bits per heavy atom. The molecule has 3 N–H and O–H groups in total. The van der Waals surface area contributed by atoms with E-state index in [-0.39, 0.29) is 23.5 Å². The molecule has 7 heteroatoms. The summed E-state index contributed by atoms with van der Waals surface area (Å²) in [5.41, 5.74) is 5.78. The Kier molecular flexibility index (Phi) is 3.82. The summed E-state index contributed by atoms with van der Waals surface area (Å²) in [5.74, 6) is 0.828. The van der Waals surface area contributed by atoms with Crippen LogP contribution in [0, 0.1) is 23.0 Å². The van der Waals surface area contributed by atoms with Crippen molar-refractivity contribution in [3.8, 4) is 0 Å². The van der Waals surface area contributed by atoms with E-state index in [9.17, 15) is 10.1 Å². The molecule has 1 fully saturated rings. The van der Waals surface area contributed by atoms with Gasteiger partial charge in [-0.25, -0.2) is 4.98 Å². The van der Waals surface area contributed by atoms with Gasteiger partial charge >= 0.3 is 5.69 Å². The highest BCUT2D eigenvalue weighted by molar-refractivity contribution is 5.60. The zero-order valence-electron chi connectivity index (χ0n) is 11.2. The Labute approximate surface area is 111 Å². The summed E-state index contributed by atoms with van der Waals surface area (Å²) in [6, 6.07) is 0.148. The first-order valence-corrected chi connectivity index (χ1v) is 6.54. The van der Waals surface area contributed by atoms with Crippen molar-refractivity contribution < 1.29 is 4.92 Å². The molecule has 104 valence electrons. The second-order valence-corrected chi connectivity index (χ2v) is 5.10. The van der Waals surface area contributed by atoms with Gasteiger partial charge in [-0.15, -0.1) is 0 Å². The molecule has 0 saturated heterocycles. The molecule has 0 bridgehead atoms. The lowest BCUT2D eigenvalue weighted by Gasteiger charge is -2.21. The maximum absolute atomic E-state index is 11.1. The second-order valence-electron chi connectivity index (χ2n) is 5.10. The Hall–Kier alpha value is -1.92. The predicted octanol–water partition coefficient (Wildman–Crippen LogP) is 2.27. The summed E-state index contributed by atoms with van der Waals surface area (Å²) in [7, 11) is 0. The molecular formula is C12H19N5O2. The third-order valence-corrected chi connectivity index (χ3v) is 3.73. The van der Waals surface area contributed by atoms with E-state index in [0.29, 0.717) is 11.6 Å². The molecule has 1 heterocycles. The molecule has 1 aromatic heterocycles. The van der Waals surface area contributed by atoms with Gasteiger partial charge < -0.3 is 11.1 Å². The van der Waals surface area contributed by atoms with Crippen LogP contribution in [0.5, 0.6) is 0 Å². The number of rotatable bonds is 4. The SMILES string of the molecule is Cc1nc(N)nc(NC(C)C2CCCC2)c1[N+](=O)[O-]. The number of nitro groups is 1. The summed E-state index contributed by atoms with van der Waals surface area (Å²) in [4.78, 5) is 18.5. The molecule has 0 amide bonds. The van der Waals surface area contributed by atoms with Crippen LogP contribution in [0.2, 0.25) is 0 Å². The van der Waals surface area contributed by atoms with Gasteiger partial charge in [0.15, 0.2) is 0 Å². The van der Waals surface area contributed by atoms with E-state index < -0.39 is 4.92 Å². The van der Waals surface area contributed by atoms with Crippen molar-refractivity contribution >= 4 is 17.5 Å². The van der Waals surface area contributed by atoms with Crippen LogP contribution in [-0.4, -0.2) is 20.9 Å². The van der Waals surface area contributed by atoms with Crippen LogP contribution in [0.15, 0.2) is 0 Å². The fraction of sp³-hybridized carbons (Fsp3) is 0.667. The fourth-order valence-electron chi connectivity index (χ4n) is 2.70. The molecule has 0 aromatic carbocycles. The molecule has 1 atom stereocenters. The van der Waals surface area contributed by atoms with Crippen molar-refractivity contribution in [3.05, 3.63) is 15.8 Å². The third-order valence-electron chi connectivity index (χ3n) is 3.73. The van der Waals surface area contributed by atoms with Crippen molar-refractivity contribution in [2.75, 3.05) is 11.1 Å². The standard InChI is InChI=1S/C12H19N5O2/c1-7(9-5-3-4-6-9)14-11-10(17(18)19)8(2)15-12(13)16-11/h7,9H,3-6H2,1-2H3,(H3,13,14,15,16). The van der Waals surface area contributed by atoms with Crippen LogP contribution < -0.4 is 11.1 Å². The number of nitrogen functional groups attached to an aromatic ring is 1. The number of aromatic nitrogens is 2. The van der Waals surface area contributed by atoms with E-state index >= 15 is 0 Å². The summed E-state index contributed by atoms with van der Waals surface area (Å²) in [6.07, 6.45) is 4.76. The maximum atomic E-state index is 11.1. The lowest BCUT2D eigenvalue weighted by Crippen LogP contribution is -2.25. The molecular weight excluding hydrogens is 246 g/mol. The van der Waals surface area contributed by atoms with Crippen molar-refractivity contribution in [1.29, 1.82) is 0 Å². The van der Waals surface area contributed by atoms with E-state index in [4.69, 9.17) is 5.73 Å². The maximum Gasteiger partial charge on any atom is 0.332 e. The second kappa shape index (κ2) is 5.38. The first kappa shape index (κ1) is 13.5. The number of nitrogens with zero attached hydrogens (tertiary/aromatic N) is 3. The molecule has 1 aliphatic rings. The minimum Gasteiger partial charge on any atom is -0.368 e. The average molecular weight is 265 g/mol. The molecule has 0 spiro atoms. The normalized spacial score (nSPS) is 17.4. The first-order chi connectivity index (χ1) is 8.99. The minimum atomic E-state index is -0.460.